The molecular formula is C16H22O4. The Hall–Kier alpha value is -1.55. The molecule has 0 saturated heterocycles. The molecule has 0 unspecified atom stereocenters. The van der Waals surface area contributed by atoms with E-state index in [4.69, 9.17) is 9.84 Å². The van der Waals surface area contributed by atoms with Crippen molar-refractivity contribution in [2.75, 3.05) is 0 Å². The molecule has 0 aromatic heterocycles. The maximum Gasteiger partial charge on any atom is 0.506 e. The maximum absolute atomic E-state index is 10.7. The number of rotatable bonds is 4. The molecule has 1 aromatic carbocycles. The van der Waals surface area contributed by atoms with Gasteiger partial charge in [0.25, 0.3) is 0 Å². The van der Waals surface area contributed by atoms with E-state index in [0.717, 1.165) is 18.4 Å². The number of aryl methyl sites for hydroxylation is 1. The van der Waals surface area contributed by atoms with E-state index < -0.39 is 11.8 Å². The summed E-state index contributed by atoms with van der Waals surface area (Å²) in [5.41, 5.74) is 1.36. The molecular weight excluding hydrogens is 256 g/mol. The molecule has 110 valence electrons. The second-order valence-corrected chi connectivity index (χ2v) is 5.56. The van der Waals surface area contributed by atoms with Gasteiger partial charge in [-0.15, -0.1) is 0 Å². The van der Waals surface area contributed by atoms with Crippen molar-refractivity contribution in [3.63, 3.8) is 0 Å². The third-order valence-electron chi connectivity index (χ3n) is 4.06. The molecule has 0 heterocycles. The van der Waals surface area contributed by atoms with E-state index in [0.29, 0.717) is 25.7 Å². The van der Waals surface area contributed by atoms with E-state index in [1.807, 2.05) is 12.1 Å². The smallest absolute Gasteiger partial charge is 0.450 e. The van der Waals surface area contributed by atoms with Crippen LogP contribution >= 0.6 is 0 Å². The van der Waals surface area contributed by atoms with Crippen molar-refractivity contribution in [1.29, 1.82) is 0 Å². The van der Waals surface area contributed by atoms with Gasteiger partial charge in [0.1, 0.15) is 6.10 Å². The first-order valence-corrected chi connectivity index (χ1v) is 7.25. The minimum atomic E-state index is -1.23. The molecule has 1 aliphatic carbocycles. The zero-order chi connectivity index (χ0) is 14.6. The highest BCUT2D eigenvalue weighted by Gasteiger charge is 2.36. The Morgan fingerprint density at radius 2 is 1.90 bits per heavy atom. The van der Waals surface area contributed by atoms with Crippen LogP contribution in [0, 0.1) is 0 Å². The summed E-state index contributed by atoms with van der Waals surface area (Å²) in [5.74, 6) is 0. The summed E-state index contributed by atoms with van der Waals surface area (Å²) in [6, 6.07) is 8.11. The first-order valence-electron chi connectivity index (χ1n) is 7.25. The SMILES string of the molecule is CCCc1ccc(C2(O)CCC(OC(=O)O)CC2)cc1. The fraction of sp³-hybridized carbons (Fsp3) is 0.562. The highest BCUT2D eigenvalue weighted by molar-refractivity contribution is 5.57. The van der Waals surface area contributed by atoms with Crippen molar-refractivity contribution in [2.24, 2.45) is 0 Å². The molecule has 1 saturated carbocycles. The Morgan fingerprint density at radius 3 is 2.40 bits per heavy atom. The summed E-state index contributed by atoms with van der Waals surface area (Å²) in [6.45, 7) is 2.14. The third-order valence-corrected chi connectivity index (χ3v) is 4.06. The fourth-order valence-corrected chi connectivity index (χ4v) is 2.89. The molecule has 4 nitrogen and oxygen atoms in total. The van der Waals surface area contributed by atoms with Crippen LogP contribution in [-0.4, -0.2) is 22.5 Å². The summed E-state index contributed by atoms with van der Waals surface area (Å²) < 4.78 is 4.78. The van der Waals surface area contributed by atoms with Crippen molar-refractivity contribution < 1.29 is 19.7 Å². The molecule has 20 heavy (non-hydrogen) atoms. The second-order valence-electron chi connectivity index (χ2n) is 5.56. The van der Waals surface area contributed by atoms with Gasteiger partial charge < -0.3 is 14.9 Å². The third kappa shape index (κ3) is 3.51. The summed E-state index contributed by atoms with van der Waals surface area (Å²) in [5, 5.41) is 19.3. The molecule has 2 N–H and O–H groups in total. The minimum absolute atomic E-state index is 0.285. The van der Waals surface area contributed by atoms with Gasteiger partial charge in [0.05, 0.1) is 5.60 Å². The first kappa shape index (κ1) is 14.9. The maximum atomic E-state index is 10.7. The average molecular weight is 278 g/mol. The Bertz CT molecular complexity index is 444. The molecule has 0 amide bonds. The molecule has 2 rings (SSSR count). The molecule has 0 aliphatic heterocycles. The van der Waals surface area contributed by atoms with Gasteiger partial charge in [0.2, 0.25) is 0 Å². The van der Waals surface area contributed by atoms with Crippen LogP contribution in [0.15, 0.2) is 24.3 Å². The second kappa shape index (κ2) is 6.27. The van der Waals surface area contributed by atoms with Crippen molar-refractivity contribution >= 4 is 6.16 Å². The topological polar surface area (TPSA) is 66.8 Å². The van der Waals surface area contributed by atoms with Gasteiger partial charge in [-0.2, -0.15) is 0 Å². The monoisotopic (exact) mass is 278 g/mol. The number of carboxylic acid groups (broad SMARTS) is 1. The first-order chi connectivity index (χ1) is 9.53. The fourth-order valence-electron chi connectivity index (χ4n) is 2.89. The van der Waals surface area contributed by atoms with Crippen LogP contribution < -0.4 is 0 Å². The quantitative estimate of drug-likeness (QED) is 0.828. The van der Waals surface area contributed by atoms with E-state index in [-0.39, 0.29) is 6.10 Å². The van der Waals surface area contributed by atoms with Gasteiger partial charge in [0, 0.05) is 0 Å². The van der Waals surface area contributed by atoms with Crippen LogP contribution in [0.3, 0.4) is 0 Å². The minimum Gasteiger partial charge on any atom is -0.450 e. The lowest BCUT2D eigenvalue weighted by Gasteiger charge is -2.35. The van der Waals surface area contributed by atoms with Crippen molar-refractivity contribution in [3.8, 4) is 0 Å². The average Bonchev–Trinajstić information content (AvgIpc) is 2.42. The lowest BCUT2D eigenvalue weighted by Crippen LogP contribution is -2.35. The Balaban J connectivity index is 2.00. The largest absolute Gasteiger partial charge is 0.506 e. The number of benzene rings is 1. The van der Waals surface area contributed by atoms with Gasteiger partial charge in [0.15, 0.2) is 0 Å². The normalized spacial score (nSPS) is 26.2. The van der Waals surface area contributed by atoms with Crippen LogP contribution in [-0.2, 0) is 16.8 Å². The summed E-state index contributed by atoms with van der Waals surface area (Å²) in [4.78, 5) is 10.5. The molecule has 4 heteroatoms. The number of hydrogen-bond acceptors (Lipinski definition) is 3. The highest BCUT2D eigenvalue weighted by Crippen LogP contribution is 2.38. The van der Waals surface area contributed by atoms with Crippen LogP contribution in [0.25, 0.3) is 0 Å². The van der Waals surface area contributed by atoms with E-state index >= 15 is 0 Å². The highest BCUT2D eigenvalue weighted by atomic mass is 16.7. The van der Waals surface area contributed by atoms with E-state index in [2.05, 4.69) is 19.1 Å². The number of carbonyl (C=O) groups is 1. The zero-order valence-electron chi connectivity index (χ0n) is 11.8. The summed E-state index contributed by atoms with van der Waals surface area (Å²) in [6.07, 6.45) is 2.86. The standard InChI is InChI=1S/C16H22O4/c1-2-3-12-4-6-13(7-5-12)16(19)10-8-14(9-11-16)20-15(17)18/h4-7,14,19H,2-3,8-11H2,1H3,(H,17,18). The lowest BCUT2D eigenvalue weighted by atomic mass is 9.78. The molecule has 1 aromatic rings. The van der Waals surface area contributed by atoms with E-state index in [1.165, 1.54) is 5.56 Å². The van der Waals surface area contributed by atoms with Crippen molar-refractivity contribution in [2.45, 2.75) is 57.2 Å². The van der Waals surface area contributed by atoms with Gasteiger partial charge in [-0.1, -0.05) is 37.6 Å². The van der Waals surface area contributed by atoms with E-state index in [9.17, 15) is 9.90 Å². The molecule has 0 radical (unpaired) electrons. The van der Waals surface area contributed by atoms with Crippen LogP contribution in [0.5, 0.6) is 0 Å². The molecule has 0 atom stereocenters. The predicted octanol–water partition coefficient (Wildman–Crippen LogP) is 3.46. The number of hydrogen-bond donors (Lipinski definition) is 2. The number of aliphatic hydroxyl groups is 1. The van der Waals surface area contributed by atoms with Crippen LogP contribution in [0.2, 0.25) is 0 Å². The van der Waals surface area contributed by atoms with Gasteiger partial charge in [-0.25, -0.2) is 4.79 Å². The Labute approximate surface area is 119 Å². The van der Waals surface area contributed by atoms with Gasteiger partial charge in [-0.05, 0) is 43.2 Å². The van der Waals surface area contributed by atoms with E-state index in [1.54, 1.807) is 0 Å². The molecule has 0 spiro atoms. The van der Waals surface area contributed by atoms with Crippen LogP contribution in [0.1, 0.15) is 50.2 Å². The molecule has 1 fully saturated rings. The van der Waals surface area contributed by atoms with Crippen molar-refractivity contribution in [3.05, 3.63) is 35.4 Å². The zero-order valence-corrected chi connectivity index (χ0v) is 11.8. The van der Waals surface area contributed by atoms with Crippen LogP contribution in [0.4, 0.5) is 4.79 Å². The summed E-state index contributed by atoms with van der Waals surface area (Å²) in [7, 11) is 0. The summed E-state index contributed by atoms with van der Waals surface area (Å²) >= 11 is 0. The Kier molecular flexibility index (Phi) is 4.65. The predicted molar refractivity (Wildman–Crippen MR) is 75.7 cm³/mol. The number of ether oxygens (including phenoxy) is 1. The van der Waals surface area contributed by atoms with Gasteiger partial charge >= 0.3 is 6.16 Å². The Morgan fingerprint density at radius 1 is 1.30 bits per heavy atom. The molecule has 0 bridgehead atoms. The lowest BCUT2D eigenvalue weighted by molar-refractivity contribution is -0.0481. The molecule has 1 aliphatic rings. The van der Waals surface area contributed by atoms with Gasteiger partial charge in [-0.3, -0.25) is 0 Å². The van der Waals surface area contributed by atoms with Crippen molar-refractivity contribution in [1.82, 2.24) is 0 Å².